The molecule has 12 nitrogen and oxygen atoms in total. The van der Waals surface area contributed by atoms with E-state index in [2.05, 4.69) is 24.9 Å². The first kappa shape index (κ1) is 27.3. The summed E-state index contributed by atoms with van der Waals surface area (Å²) in [6.45, 7) is 3.67. The highest BCUT2D eigenvalue weighted by atomic mass is 32.2. The Morgan fingerprint density at radius 3 is 2.33 bits per heavy atom. The fraction of sp³-hybridized carbons (Fsp3) is 0.333. The maximum Gasteiger partial charge on any atom is 0.243 e. The van der Waals surface area contributed by atoms with E-state index in [1.165, 1.54) is 28.3 Å². The Bertz CT molecular complexity index is 1590. The smallest absolute Gasteiger partial charge is 0.243 e. The minimum absolute atomic E-state index is 0.0475. The number of sulfonamides is 1. The van der Waals surface area contributed by atoms with Gasteiger partial charge >= 0.3 is 0 Å². The average molecular weight is 567 g/mol. The van der Waals surface area contributed by atoms with Gasteiger partial charge in [0.2, 0.25) is 16.0 Å². The van der Waals surface area contributed by atoms with E-state index in [0.717, 1.165) is 16.9 Å². The Morgan fingerprint density at radius 2 is 1.68 bits per heavy atom. The molecule has 13 heteroatoms. The highest BCUT2D eigenvalue weighted by Crippen LogP contribution is 2.42. The summed E-state index contributed by atoms with van der Waals surface area (Å²) in [7, 11) is 0.342. The Morgan fingerprint density at radius 1 is 1.00 bits per heavy atom. The summed E-state index contributed by atoms with van der Waals surface area (Å²) in [6, 6.07) is 12.9. The van der Waals surface area contributed by atoms with Crippen molar-refractivity contribution in [3.05, 3.63) is 77.6 Å². The topological polar surface area (TPSA) is 140 Å². The van der Waals surface area contributed by atoms with Crippen molar-refractivity contribution < 1.29 is 27.4 Å². The predicted molar refractivity (Wildman–Crippen MR) is 147 cm³/mol. The van der Waals surface area contributed by atoms with Crippen LogP contribution in [0.1, 0.15) is 41.7 Å². The van der Waals surface area contributed by atoms with E-state index in [1.807, 2.05) is 31.2 Å². The monoisotopic (exact) mass is 566 g/mol. The van der Waals surface area contributed by atoms with Crippen LogP contribution in [0.2, 0.25) is 0 Å². The molecule has 0 saturated carbocycles. The number of fused-ring (bicyclic) bond motifs is 1. The molecule has 2 aromatic carbocycles. The molecule has 0 bridgehead atoms. The minimum Gasteiger partial charge on any atom is -0.494 e. The van der Waals surface area contributed by atoms with E-state index in [9.17, 15) is 8.42 Å². The summed E-state index contributed by atoms with van der Waals surface area (Å²) in [4.78, 5) is 8.54. The summed E-state index contributed by atoms with van der Waals surface area (Å²) >= 11 is 0. The van der Waals surface area contributed by atoms with Gasteiger partial charge < -0.3 is 18.9 Å². The highest BCUT2D eigenvalue weighted by Gasteiger charge is 2.37. The maximum absolute atomic E-state index is 13.7. The molecule has 0 amide bonds. The second-order valence-electron chi connectivity index (χ2n) is 9.26. The minimum atomic E-state index is -4.11. The van der Waals surface area contributed by atoms with E-state index in [4.69, 9.17) is 18.9 Å². The van der Waals surface area contributed by atoms with Gasteiger partial charge in [-0.25, -0.2) is 18.4 Å². The molecule has 2 aromatic heterocycles. The number of aromatic nitrogens is 5. The third-order valence-electron chi connectivity index (χ3n) is 6.78. The average Bonchev–Trinajstić information content (AvgIpc) is 3.57. The largest absolute Gasteiger partial charge is 0.494 e. The zero-order chi connectivity index (χ0) is 28.4. The van der Waals surface area contributed by atoms with Crippen molar-refractivity contribution in [2.75, 3.05) is 32.7 Å². The Kier molecular flexibility index (Phi) is 7.59. The van der Waals surface area contributed by atoms with Crippen molar-refractivity contribution in [1.29, 1.82) is 0 Å². The molecule has 0 aliphatic carbocycles. The van der Waals surface area contributed by atoms with Crippen LogP contribution in [0, 0.1) is 6.92 Å². The predicted octanol–water partition coefficient (Wildman–Crippen LogP) is 3.43. The highest BCUT2D eigenvalue weighted by molar-refractivity contribution is 7.93. The molecular formula is C27H30N6O6S. The van der Waals surface area contributed by atoms with E-state index in [0.29, 0.717) is 29.6 Å². The fourth-order valence-corrected chi connectivity index (χ4v) is 5.81. The Labute approximate surface area is 232 Å². The van der Waals surface area contributed by atoms with Crippen LogP contribution in [-0.4, -0.2) is 66.3 Å². The van der Waals surface area contributed by atoms with Crippen LogP contribution in [-0.2, 0) is 14.8 Å². The number of methoxy groups -OCH3 is 3. The molecule has 0 saturated heterocycles. The van der Waals surface area contributed by atoms with Crippen LogP contribution < -0.4 is 18.9 Å². The molecule has 40 heavy (non-hydrogen) atoms. The van der Waals surface area contributed by atoms with Crippen LogP contribution in [0.25, 0.3) is 5.69 Å². The first-order chi connectivity index (χ1) is 19.3. The number of nitrogens with zero attached hydrogens (tertiary/aromatic N) is 5. The summed E-state index contributed by atoms with van der Waals surface area (Å²) in [6.07, 6.45) is 2.28. The molecule has 4 aromatic rings. The SMILES string of the molecule is COc1cccc(OC)c1-n1c(NS(=O)(=O)[C@@H](C)[C@H](OC)c2ncc(C)cn2)nnc1C1COc2ccccc21. The lowest BCUT2D eigenvalue weighted by Gasteiger charge is -2.23. The van der Waals surface area contributed by atoms with Gasteiger partial charge in [-0.15, -0.1) is 10.2 Å². The van der Waals surface area contributed by atoms with Crippen molar-refractivity contribution >= 4 is 16.0 Å². The number of aryl methyl sites for hydroxylation is 1. The van der Waals surface area contributed by atoms with Crippen LogP contribution in [0.4, 0.5) is 5.95 Å². The first-order valence-electron chi connectivity index (χ1n) is 12.5. The van der Waals surface area contributed by atoms with E-state index < -0.39 is 21.4 Å². The lowest BCUT2D eigenvalue weighted by atomic mass is 10.0. The summed E-state index contributed by atoms with van der Waals surface area (Å²) in [5.41, 5.74) is 2.19. The van der Waals surface area contributed by atoms with Crippen molar-refractivity contribution in [2.24, 2.45) is 0 Å². The number of hydrogen-bond acceptors (Lipinski definition) is 10. The summed E-state index contributed by atoms with van der Waals surface area (Å²) < 4.78 is 54.5. The molecule has 1 N–H and O–H groups in total. The number of benzene rings is 2. The van der Waals surface area contributed by atoms with E-state index in [1.54, 1.807) is 35.2 Å². The number of anilines is 1. The normalized spacial score (nSPS) is 16.1. The molecule has 210 valence electrons. The summed E-state index contributed by atoms with van der Waals surface area (Å²) in [5.74, 6) is 1.91. The van der Waals surface area contributed by atoms with Crippen LogP contribution in [0.3, 0.4) is 0 Å². The molecule has 0 spiro atoms. The van der Waals surface area contributed by atoms with E-state index >= 15 is 0 Å². The van der Waals surface area contributed by atoms with Gasteiger partial charge in [-0.2, -0.15) is 0 Å². The molecule has 0 fully saturated rings. The van der Waals surface area contributed by atoms with Crippen molar-refractivity contribution in [3.63, 3.8) is 0 Å². The summed E-state index contributed by atoms with van der Waals surface area (Å²) in [5, 5.41) is 7.63. The zero-order valence-corrected chi connectivity index (χ0v) is 23.5. The van der Waals surface area contributed by atoms with Gasteiger partial charge in [0.25, 0.3) is 0 Å². The number of nitrogens with one attached hydrogen (secondary N) is 1. The fourth-order valence-electron chi connectivity index (χ4n) is 4.68. The first-order valence-corrected chi connectivity index (χ1v) is 14.0. The van der Waals surface area contributed by atoms with E-state index in [-0.39, 0.29) is 17.7 Å². The molecule has 0 radical (unpaired) electrons. The van der Waals surface area contributed by atoms with Gasteiger partial charge in [0.05, 0.1) is 20.1 Å². The Hall–Kier alpha value is -4.23. The lowest BCUT2D eigenvalue weighted by molar-refractivity contribution is 0.0949. The standard InChI is InChI=1S/C27H30N6O6S/c1-16-13-28-25(29-14-16)24(38-5)17(2)40(34,35)32-27-31-30-26(19-15-39-20-10-7-6-9-18(19)20)33(27)23-21(36-3)11-8-12-22(23)37-4/h6-14,17,19,24H,15H2,1-5H3,(H,31,32)/t17-,19?,24-/m0/s1. The van der Waals surface area contributed by atoms with Gasteiger partial charge in [-0.1, -0.05) is 24.3 Å². The Balaban J connectivity index is 1.61. The number of ether oxygens (including phenoxy) is 4. The number of hydrogen-bond donors (Lipinski definition) is 1. The lowest BCUT2D eigenvalue weighted by Crippen LogP contribution is -2.33. The van der Waals surface area contributed by atoms with Crippen molar-refractivity contribution in [3.8, 4) is 22.9 Å². The van der Waals surface area contributed by atoms with Crippen LogP contribution >= 0.6 is 0 Å². The molecule has 3 heterocycles. The van der Waals surface area contributed by atoms with Gasteiger partial charge in [0.15, 0.2) is 11.6 Å². The second kappa shape index (κ2) is 11.1. The van der Waals surface area contributed by atoms with Crippen molar-refractivity contribution in [2.45, 2.75) is 31.1 Å². The second-order valence-corrected chi connectivity index (χ2v) is 11.3. The molecular weight excluding hydrogens is 536 g/mol. The van der Waals surface area contributed by atoms with Gasteiger partial charge in [-0.3, -0.25) is 9.29 Å². The van der Waals surface area contributed by atoms with Crippen LogP contribution in [0.15, 0.2) is 54.9 Å². The molecule has 1 aliphatic heterocycles. The molecule has 5 rings (SSSR count). The quantitative estimate of drug-likeness (QED) is 0.304. The van der Waals surface area contributed by atoms with Gasteiger partial charge in [0, 0.05) is 25.1 Å². The molecule has 1 unspecified atom stereocenters. The zero-order valence-electron chi connectivity index (χ0n) is 22.7. The third-order valence-corrected chi connectivity index (χ3v) is 8.48. The molecule has 3 atom stereocenters. The molecule has 1 aliphatic rings. The number of rotatable bonds is 10. The van der Waals surface area contributed by atoms with Crippen LogP contribution in [0.5, 0.6) is 17.2 Å². The van der Waals surface area contributed by atoms with Gasteiger partial charge in [-0.05, 0) is 37.6 Å². The third kappa shape index (κ3) is 4.93. The van der Waals surface area contributed by atoms with Crippen molar-refractivity contribution in [1.82, 2.24) is 24.7 Å². The maximum atomic E-state index is 13.7. The van der Waals surface area contributed by atoms with Gasteiger partial charge in [0.1, 0.15) is 40.9 Å². The number of para-hydroxylation sites is 2.